The number of carbonyl (C=O) groups excluding carboxylic acids is 2. The van der Waals surface area contributed by atoms with Crippen LogP contribution in [0.4, 0.5) is 10.1 Å². The molecule has 1 N–H and O–H groups in total. The van der Waals surface area contributed by atoms with Crippen molar-refractivity contribution in [2.75, 3.05) is 18.0 Å². The Balaban J connectivity index is 2.52. The first-order valence-electron chi connectivity index (χ1n) is 6.20. The monoisotopic (exact) mass is 264 g/mol. The summed E-state index contributed by atoms with van der Waals surface area (Å²) in [4.78, 5) is 25.4. The van der Waals surface area contributed by atoms with Gasteiger partial charge in [-0.1, -0.05) is 0 Å². The number of hydrogen-bond acceptors (Lipinski definition) is 3. The van der Waals surface area contributed by atoms with Gasteiger partial charge in [-0.05, 0) is 39.0 Å². The van der Waals surface area contributed by atoms with Gasteiger partial charge in [0.05, 0.1) is 0 Å². The Hall–Kier alpha value is -1.91. The van der Waals surface area contributed by atoms with Gasteiger partial charge < -0.3 is 10.2 Å². The minimum atomic E-state index is -0.764. The van der Waals surface area contributed by atoms with E-state index in [1.165, 1.54) is 19.1 Å². The Labute approximate surface area is 111 Å². The van der Waals surface area contributed by atoms with Crippen LogP contribution in [-0.4, -0.2) is 30.3 Å². The van der Waals surface area contributed by atoms with Crippen LogP contribution in [0.2, 0.25) is 0 Å². The zero-order valence-electron chi connectivity index (χ0n) is 11.3. The predicted octanol–water partition coefficient (Wildman–Crippen LogP) is 1.74. The average Bonchev–Trinajstić information content (AvgIpc) is 2.33. The molecule has 19 heavy (non-hydrogen) atoms. The number of amides is 1. The van der Waals surface area contributed by atoms with E-state index in [-0.39, 0.29) is 11.7 Å². The summed E-state index contributed by atoms with van der Waals surface area (Å²) in [5.74, 6) is -0.762. The van der Waals surface area contributed by atoms with E-state index < -0.39 is 11.4 Å². The summed E-state index contributed by atoms with van der Waals surface area (Å²) in [7, 11) is 0. The summed E-state index contributed by atoms with van der Waals surface area (Å²) >= 11 is 0. The van der Waals surface area contributed by atoms with Gasteiger partial charge in [0.1, 0.15) is 11.4 Å². The van der Waals surface area contributed by atoms with Gasteiger partial charge in [0, 0.05) is 24.3 Å². The molecule has 0 saturated carbocycles. The molecule has 1 saturated heterocycles. The maximum absolute atomic E-state index is 13.3. The second-order valence-corrected chi connectivity index (χ2v) is 5.18. The second-order valence-electron chi connectivity index (χ2n) is 5.18. The third-order valence-corrected chi connectivity index (χ3v) is 3.48. The Kier molecular flexibility index (Phi) is 3.30. The van der Waals surface area contributed by atoms with E-state index in [0.29, 0.717) is 24.3 Å². The lowest BCUT2D eigenvalue weighted by Crippen LogP contribution is -2.62. The normalized spacial score (nSPS) is 18.1. The first-order valence-corrected chi connectivity index (χ1v) is 6.20. The van der Waals surface area contributed by atoms with E-state index in [4.69, 9.17) is 0 Å². The molecule has 2 rings (SSSR count). The van der Waals surface area contributed by atoms with E-state index in [1.54, 1.807) is 19.9 Å². The van der Waals surface area contributed by atoms with Crippen molar-refractivity contribution in [3.63, 3.8) is 0 Å². The van der Waals surface area contributed by atoms with Crippen molar-refractivity contribution < 1.29 is 14.0 Å². The fourth-order valence-corrected chi connectivity index (χ4v) is 2.35. The third-order valence-electron chi connectivity index (χ3n) is 3.48. The lowest BCUT2D eigenvalue weighted by molar-refractivity contribution is -0.126. The van der Waals surface area contributed by atoms with Crippen LogP contribution >= 0.6 is 0 Å². The number of benzene rings is 1. The van der Waals surface area contributed by atoms with Gasteiger partial charge in [-0.15, -0.1) is 0 Å². The number of nitrogens with zero attached hydrogens (tertiary/aromatic N) is 1. The Bertz CT molecular complexity index is 540. The first kappa shape index (κ1) is 13.5. The second kappa shape index (κ2) is 4.64. The van der Waals surface area contributed by atoms with Crippen molar-refractivity contribution in [1.82, 2.24) is 5.32 Å². The maximum atomic E-state index is 13.3. The molecule has 0 spiro atoms. The largest absolute Gasteiger partial charge is 0.355 e. The Morgan fingerprint density at radius 3 is 2.74 bits per heavy atom. The smallest absolute Gasteiger partial charge is 0.245 e. The van der Waals surface area contributed by atoms with Crippen LogP contribution < -0.4 is 10.2 Å². The molecule has 0 unspecified atom stereocenters. The Morgan fingerprint density at radius 1 is 1.42 bits per heavy atom. The number of rotatable bonds is 2. The van der Waals surface area contributed by atoms with E-state index in [0.717, 1.165) is 0 Å². The summed E-state index contributed by atoms with van der Waals surface area (Å²) in [6.45, 7) is 6.07. The SMILES string of the molecule is CC(=O)c1cc(F)ccc1N1CCNC(=O)C1(C)C. The highest BCUT2D eigenvalue weighted by molar-refractivity contribution is 6.01. The molecular formula is C14H17FN2O2. The zero-order chi connectivity index (χ0) is 14.2. The van der Waals surface area contributed by atoms with Crippen LogP contribution in [0.25, 0.3) is 0 Å². The van der Waals surface area contributed by atoms with Crippen LogP contribution in [0, 0.1) is 5.82 Å². The number of halogens is 1. The van der Waals surface area contributed by atoms with Crippen LogP contribution in [0.15, 0.2) is 18.2 Å². The highest BCUT2D eigenvalue weighted by atomic mass is 19.1. The summed E-state index contributed by atoms with van der Waals surface area (Å²) in [5.41, 5.74) is 0.150. The fraction of sp³-hybridized carbons (Fsp3) is 0.429. The van der Waals surface area contributed by atoms with E-state index in [2.05, 4.69) is 5.32 Å². The van der Waals surface area contributed by atoms with Crippen molar-refractivity contribution in [3.05, 3.63) is 29.6 Å². The molecule has 1 fully saturated rings. The molecule has 0 bridgehead atoms. The lowest BCUT2D eigenvalue weighted by Gasteiger charge is -2.43. The van der Waals surface area contributed by atoms with Gasteiger partial charge in [-0.3, -0.25) is 9.59 Å². The average molecular weight is 264 g/mol. The molecule has 1 aromatic rings. The first-order chi connectivity index (χ1) is 8.84. The Morgan fingerprint density at radius 2 is 2.11 bits per heavy atom. The molecule has 0 atom stereocenters. The molecule has 1 aliphatic rings. The lowest BCUT2D eigenvalue weighted by atomic mass is 9.96. The summed E-state index contributed by atoms with van der Waals surface area (Å²) in [6.07, 6.45) is 0. The number of piperazine rings is 1. The van der Waals surface area contributed by atoms with E-state index in [9.17, 15) is 14.0 Å². The van der Waals surface area contributed by atoms with Crippen molar-refractivity contribution in [2.24, 2.45) is 0 Å². The summed E-state index contributed by atoms with van der Waals surface area (Å²) < 4.78 is 13.3. The maximum Gasteiger partial charge on any atom is 0.245 e. The molecule has 1 heterocycles. The molecule has 1 amide bonds. The quantitative estimate of drug-likeness (QED) is 0.828. The fourth-order valence-electron chi connectivity index (χ4n) is 2.35. The van der Waals surface area contributed by atoms with Crippen molar-refractivity contribution in [3.8, 4) is 0 Å². The standard InChI is InChI=1S/C14H17FN2O2/c1-9(18)11-8-10(15)4-5-12(11)17-7-6-16-13(19)14(17,2)3/h4-5,8H,6-7H2,1-3H3,(H,16,19). The molecule has 5 heteroatoms. The highest BCUT2D eigenvalue weighted by Gasteiger charge is 2.38. The van der Waals surface area contributed by atoms with Gasteiger partial charge in [0.2, 0.25) is 5.91 Å². The molecule has 0 radical (unpaired) electrons. The van der Waals surface area contributed by atoms with Crippen molar-refractivity contribution in [2.45, 2.75) is 26.3 Å². The topological polar surface area (TPSA) is 49.4 Å². The van der Waals surface area contributed by atoms with Crippen LogP contribution in [-0.2, 0) is 4.79 Å². The number of carbonyl (C=O) groups is 2. The number of anilines is 1. The van der Waals surface area contributed by atoms with Crippen molar-refractivity contribution in [1.29, 1.82) is 0 Å². The van der Waals surface area contributed by atoms with Gasteiger partial charge in [-0.2, -0.15) is 0 Å². The van der Waals surface area contributed by atoms with Gasteiger partial charge in [-0.25, -0.2) is 4.39 Å². The minimum absolute atomic E-state index is 0.0995. The summed E-state index contributed by atoms with van der Waals surface area (Å²) in [5, 5.41) is 2.79. The highest BCUT2D eigenvalue weighted by Crippen LogP contribution is 2.30. The zero-order valence-corrected chi connectivity index (χ0v) is 11.3. The molecular weight excluding hydrogens is 247 g/mol. The molecule has 1 aliphatic heterocycles. The number of ketones is 1. The van der Waals surface area contributed by atoms with Crippen LogP contribution in [0.5, 0.6) is 0 Å². The summed E-state index contributed by atoms with van der Waals surface area (Å²) in [6, 6.07) is 4.09. The number of hydrogen-bond donors (Lipinski definition) is 1. The molecule has 0 aliphatic carbocycles. The van der Waals surface area contributed by atoms with Crippen LogP contribution in [0.1, 0.15) is 31.1 Å². The van der Waals surface area contributed by atoms with E-state index in [1.807, 2.05) is 4.90 Å². The number of Topliss-reactive ketones (excluding diaryl/α,β-unsaturated/α-hetero) is 1. The predicted molar refractivity (Wildman–Crippen MR) is 70.8 cm³/mol. The van der Waals surface area contributed by atoms with Crippen LogP contribution in [0.3, 0.4) is 0 Å². The molecule has 102 valence electrons. The minimum Gasteiger partial charge on any atom is -0.355 e. The van der Waals surface area contributed by atoms with E-state index >= 15 is 0 Å². The third kappa shape index (κ3) is 2.32. The molecule has 1 aromatic carbocycles. The number of nitrogens with one attached hydrogen (secondary N) is 1. The van der Waals surface area contributed by atoms with Gasteiger partial charge in [0.25, 0.3) is 0 Å². The van der Waals surface area contributed by atoms with Gasteiger partial charge >= 0.3 is 0 Å². The van der Waals surface area contributed by atoms with Crippen molar-refractivity contribution >= 4 is 17.4 Å². The molecule has 4 nitrogen and oxygen atoms in total. The van der Waals surface area contributed by atoms with Gasteiger partial charge in [0.15, 0.2) is 5.78 Å². The molecule has 0 aromatic heterocycles.